The largest absolute Gasteiger partial charge is 0.376 e. The van der Waals surface area contributed by atoms with Gasteiger partial charge in [-0.3, -0.25) is 4.79 Å². The molecule has 1 rings (SSSR count). The maximum Gasteiger partial charge on any atom is 0.150 e. The Morgan fingerprint density at radius 2 is 2.07 bits per heavy atom. The standard InChI is InChI=1S/C11H12O3/c1-14-11(6-7-12)10-5-3-2-4-9(10)8-13/h2-5,7-8,11H,6H2,1H3. The predicted octanol–water partition coefficient (Wildman–Crippen LogP) is 1.78. The summed E-state index contributed by atoms with van der Waals surface area (Å²) in [6.45, 7) is 0. The van der Waals surface area contributed by atoms with Crippen LogP contribution in [-0.4, -0.2) is 19.7 Å². The summed E-state index contributed by atoms with van der Waals surface area (Å²) < 4.78 is 5.13. The Morgan fingerprint density at radius 1 is 1.36 bits per heavy atom. The molecule has 0 fully saturated rings. The molecule has 0 aliphatic heterocycles. The van der Waals surface area contributed by atoms with Crippen molar-refractivity contribution >= 4 is 12.6 Å². The van der Waals surface area contributed by atoms with E-state index >= 15 is 0 Å². The summed E-state index contributed by atoms with van der Waals surface area (Å²) in [5.74, 6) is 0. The van der Waals surface area contributed by atoms with Crippen molar-refractivity contribution in [2.75, 3.05) is 7.11 Å². The van der Waals surface area contributed by atoms with E-state index in [2.05, 4.69) is 0 Å². The lowest BCUT2D eigenvalue weighted by Crippen LogP contribution is -2.05. The fourth-order valence-corrected chi connectivity index (χ4v) is 1.35. The van der Waals surface area contributed by atoms with E-state index in [1.807, 2.05) is 6.07 Å². The van der Waals surface area contributed by atoms with Gasteiger partial charge in [-0.25, -0.2) is 0 Å². The monoisotopic (exact) mass is 192 g/mol. The zero-order valence-electron chi connectivity index (χ0n) is 7.97. The molecule has 0 saturated heterocycles. The van der Waals surface area contributed by atoms with Gasteiger partial charge in [0.2, 0.25) is 0 Å². The molecule has 1 unspecified atom stereocenters. The van der Waals surface area contributed by atoms with E-state index in [4.69, 9.17) is 4.74 Å². The molecule has 3 nitrogen and oxygen atoms in total. The number of benzene rings is 1. The lowest BCUT2D eigenvalue weighted by atomic mass is 10.0. The van der Waals surface area contributed by atoms with Gasteiger partial charge in [-0.2, -0.15) is 0 Å². The second-order valence-electron chi connectivity index (χ2n) is 2.87. The molecule has 0 bridgehead atoms. The van der Waals surface area contributed by atoms with Crippen LogP contribution in [0.15, 0.2) is 24.3 Å². The third kappa shape index (κ3) is 2.26. The van der Waals surface area contributed by atoms with Gasteiger partial charge < -0.3 is 9.53 Å². The minimum Gasteiger partial charge on any atom is -0.376 e. The van der Waals surface area contributed by atoms with Gasteiger partial charge in [0.15, 0.2) is 0 Å². The van der Waals surface area contributed by atoms with Gasteiger partial charge in [-0.1, -0.05) is 24.3 Å². The van der Waals surface area contributed by atoms with Gasteiger partial charge in [0.1, 0.15) is 12.6 Å². The average Bonchev–Trinajstić information content (AvgIpc) is 2.26. The van der Waals surface area contributed by atoms with Crippen LogP contribution in [0.1, 0.15) is 28.4 Å². The van der Waals surface area contributed by atoms with E-state index < -0.39 is 0 Å². The van der Waals surface area contributed by atoms with Crippen molar-refractivity contribution in [3.8, 4) is 0 Å². The quantitative estimate of drug-likeness (QED) is 0.668. The molecule has 1 aromatic carbocycles. The van der Waals surface area contributed by atoms with E-state index in [-0.39, 0.29) is 12.5 Å². The number of rotatable bonds is 5. The van der Waals surface area contributed by atoms with Crippen LogP contribution in [0.3, 0.4) is 0 Å². The molecule has 0 aliphatic carbocycles. The fraction of sp³-hybridized carbons (Fsp3) is 0.273. The summed E-state index contributed by atoms with van der Waals surface area (Å²) >= 11 is 0. The molecule has 0 amide bonds. The minimum atomic E-state index is -0.325. The van der Waals surface area contributed by atoms with Crippen molar-refractivity contribution in [2.45, 2.75) is 12.5 Å². The van der Waals surface area contributed by atoms with Gasteiger partial charge in [0, 0.05) is 19.1 Å². The summed E-state index contributed by atoms with van der Waals surface area (Å²) in [7, 11) is 1.52. The maximum atomic E-state index is 10.7. The van der Waals surface area contributed by atoms with Gasteiger partial charge in [-0.15, -0.1) is 0 Å². The fourth-order valence-electron chi connectivity index (χ4n) is 1.35. The van der Waals surface area contributed by atoms with Crippen LogP contribution in [0, 0.1) is 0 Å². The molecular formula is C11H12O3. The van der Waals surface area contributed by atoms with Crippen LogP contribution >= 0.6 is 0 Å². The second-order valence-corrected chi connectivity index (χ2v) is 2.87. The maximum absolute atomic E-state index is 10.7. The van der Waals surface area contributed by atoms with Crippen LogP contribution < -0.4 is 0 Å². The molecule has 0 spiro atoms. The third-order valence-corrected chi connectivity index (χ3v) is 2.06. The third-order valence-electron chi connectivity index (χ3n) is 2.06. The summed E-state index contributed by atoms with van der Waals surface area (Å²) in [6.07, 6.45) is 1.50. The number of methoxy groups -OCH3 is 1. The molecule has 0 radical (unpaired) electrons. The summed E-state index contributed by atoms with van der Waals surface area (Å²) in [6, 6.07) is 7.10. The lowest BCUT2D eigenvalue weighted by Gasteiger charge is -2.14. The Bertz CT molecular complexity index is 320. The predicted molar refractivity (Wildman–Crippen MR) is 52.3 cm³/mol. The highest BCUT2D eigenvalue weighted by Crippen LogP contribution is 2.21. The normalized spacial score (nSPS) is 12.1. The number of carbonyl (C=O) groups is 2. The first-order valence-electron chi connectivity index (χ1n) is 4.34. The van der Waals surface area contributed by atoms with E-state index in [1.165, 1.54) is 7.11 Å². The first-order chi connectivity index (χ1) is 6.83. The van der Waals surface area contributed by atoms with Crippen molar-refractivity contribution in [3.63, 3.8) is 0 Å². The average molecular weight is 192 g/mol. The second kappa shape index (κ2) is 5.29. The van der Waals surface area contributed by atoms with Gasteiger partial charge in [0.25, 0.3) is 0 Å². The molecule has 0 aliphatic rings. The smallest absolute Gasteiger partial charge is 0.150 e. The number of hydrogen-bond donors (Lipinski definition) is 0. The van der Waals surface area contributed by atoms with Gasteiger partial charge in [0.05, 0.1) is 6.10 Å². The molecule has 0 N–H and O–H groups in total. The highest BCUT2D eigenvalue weighted by molar-refractivity contribution is 5.77. The van der Waals surface area contributed by atoms with Crippen LogP contribution in [0.4, 0.5) is 0 Å². The Balaban J connectivity index is 3.01. The Morgan fingerprint density at radius 3 is 2.64 bits per heavy atom. The van der Waals surface area contributed by atoms with Gasteiger partial charge >= 0.3 is 0 Å². The van der Waals surface area contributed by atoms with Crippen LogP contribution in [-0.2, 0) is 9.53 Å². The van der Waals surface area contributed by atoms with Crippen molar-refractivity contribution in [1.29, 1.82) is 0 Å². The zero-order chi connectivity index (χ0) is 10.4. The topological polar surface area (TPSA) is 43.4 Å². The molecule has 14 heavy (non-hydrogen) atoms. The molecule has 1 aromatic rings. The van der Waals surface area contributed by atoms with E-state index in [9.17, 15) is 9.59 Å². The molecule has 1 atom stereocenters. The van der Waals surface area contributed by atoms with Crippen LogP contribution in [0.5, 0.6) is 0 Å². The van der Waals surface area contributed by atoms with E-state index in [0.29, 0.717) is 5.56 Å². The zero-order valence-corrected chi connectivity index (χ0v) is 7.97. The Hall–Kier alpha value is -1.48. The highest BCUT2D eigenvalue weighted by atomic mass is 16.5. The van der Waals surface area contributed by atoms with Crippen molar-refractivity contribution in [2.24, 2.45) is 0 Å². The van der Waals surface area contributed by atoms with Crippen molar-refractivity contribution in [1.82, 2.24) is 0 Å². The first-order valence-corrected chi connectivity index (χ1v) is 4.34. The number of aldehydes is 2. The molecule has 74 valence electrons. The lowest BCUT2D eigenvalue weighted by molar-refractivity contribution is -0.110. The summed E-state index contributed by atoms with van der Waals surface area (Å²) in [5.41, 5.74) is 1.33. The minimum absolute atomic E-state index is 0.265. The van der Waals surface area contributed by atoms with Gasteiger partial charge in [-0.05, 0) is 5.56 Å². The first kappa shape index (κ1) is 10.6. The molecule has 0 heterocycles. The molecular weight excluding hydrogens is 180 g/mol. The molecule has 0 saturated carbocycles. The van der Waals surface area contributed by atoms with Crippen molar-refractivity contribution < 1.29 is 14.3 Å². The SMILES string of the molecule is COC(CC=O)c1ccccc1C=O. The number of ether oxygens (including phenoxy) is 1. The summed E-state index contributed by atoms with van der Waals surface area (Å²) in [5, 5.41) is 0. The number of carbonyl (C=O) groups excluding carboxylic acids is 2. The Labute approximate surface area is 82.7 Å². The Kier molecular flexibility index (Phi) is 4.01. The van der Waals surface area contributed by atoms with Crippen molar-refractivity contribution in [3.05, 3.63) is 35.4 Å². The van der Waals surface area contributed by atoms with E-state index in [1.54, 1.807) is 18.2 Å². The highest BCUT2D eigenvalue weighted by Gasteiger charge is 2.12. The van der Waals surface area contributed by atoms with Crippen LogP contribution in [0.25, 0.3) is 0 Å². The number of hydrogen-bond acceptors (Lipinski definition) is 3. The molecule has 3 heteroatoms. The van der Waals surface area contributed by atoms with E-state index in [0.717, 1.165) is 18.1 Å². The van der Waals surface area contributed by atoms with Crippen LogP contribution in [0.2, 0.25) is 0 Å². The molecule has 0 aromatic heterocycles. The summed E-state index contributed by atoms with van der Waals surface area (Å²) in [4.78, 5) is 21.1.